The molecule has 1 aromatic carbocycles. The van der Waals surface area contributed by atoms with E-state index in [9.17, 15) is 0 Å². The zero-order chi connectivity index (χ0) is 12.2. The topological polar surface area (TPSA) is 26.0 Å². The van der Waals surface area contributed by atoms with Crippen molar-refractivity contribution in [2.75, 3.05) is 0 Å². The molecule has 1 rings (SSSR count). The Labute approximate surface area is 104 Å². The summed E-state index contributed by atoms with van der Waals surface area (Å²) in [6, 6.07) is 7.87. The molecule has 0 bridgehead atoms. The second kappa shape index (κ2) is 5.70. The van der Waals surface area contributed by atoms with Gasteiger partial charge in [-0.3, -0.25) is 0 Å². The molecule has 0 aliphatic rings. The first-order chi connectivity index (χ1) is 7.43. The molecular weight excluding hydrogens is 218 g/mol. The molecule has 0 heterocycles. The Morgan fingerprint density at radius 3 is 2.50 bits per heavy atom. The summed E-state index contributed by atoms with van der Waals surface area (Å²) in [6.07, 6.45) is 3.35. The van der Waals surface area contributed by atoms with Crippen molar-refractivity contribution in [2.24, 2.45) is 11.7 Å². The maximum Gasteiger partial charge on any atom is 0.0456 e. The molecule has 0 saturated heterocycles. The molecule has 16 heavy (non-hydrogen) atoms. The average Bonchev–Trinajstić information content (AvgIpc) is 2.17. The molecular formula is C14H22ClN. The molecule has 1 aromatic rings. The van der Waals surface area contributed by atoms with Crippen LogP contribution in [-0.4, -0.2) is 0 Å². The van der Waals surface area contributed by atoms with Crippen molar-refractivity contribution >= 4 is 11.6 Å². The second-order valence-electron chi connectivity index (χ2n) is 5.18. The molecule has 2 N–H and O–H groups in total. The number of hydrogen-bond donors (Lipinski definition) is 1. The third kappa shape index (κ3) is 3.80. The van der Waals surface area contributed by atoms with Gasteiger partial charge in [0.15, 0.2) is 0 Å². The van der Waals surface area contributed by atoms with E-state index in [1.165, 1.54) is 6.42 Å². The van der Waals surface area contributed by atoms with Crippen molar-refractivity contribution < 1.29 is 0 Å². The molecule has 1 unspecified atom stereocenters. The highest BCUT2D eigenvalue weighted by Gasteiger charge is 2.22. The number of hydrogen-bond acceptors (Lipinski definition) is 1. The van der Waals surface area contributed by atoms with E-state index in [2.05, 4.69) is 20.8 Å². The van der Waals surface area contributed by atoms with E-state index in [-0.39, 0.29) is 5.54 Å². The Balaban J connectivity index is 2.66. The third-order valence-corrected chi connectivity index (χ3v) is 3.30. The van der Waals surface area contributed by atoms with E-state index in [1.54, 1.807) is 0 Å². The van der Waals surface area contributed by atoms with Gasteiger partial charge in [-0.25, -0.2) is 0 Å². The fourth-order valence-corrected chi connectivity index (χ4v) is 2.29. The normalized spacial score (nSPS) is 15.1. The average molecular weight is 240 g/mol. The summed E-state index contributed by atoms with van der Waals surface area (Å²) < 4.78 is 0. The highest BCUT2D eigenvalue weighted by molar-refractivity contribution is 6.31. The van der Waals surface area contributed by atoms with Crippen molar-refractivity contribution in [3.05, 3.63) is 34.9 Å². The van der Waals surface area contributed by atoms with Crippen LogP contribution in [0.15, 0.2) is 24.3 Å². The largest absolute Gasteiger partial charge is 0.322 e. The molecule has 0 aliphatic carbocycles. The van der Waals surface area contributed by atoms with Crippen LogP contribution in [0.3, 0.4) is 0 Å². The van der Waals surface area contributed by atoms with Gasteiger partial charge in [0, 0.05) is 10.6 Å². The molecule has 0 aliphatic heterocycles. The number of halogens is 1. The lowest BCUT2D eigenvalue weighted by molar-refractivity contribution is 0.406. The summed E-state index contributed by atoms with van der Waals surface area (Å²) in [4.78, 5) is 0. The van der Waals surface area contributed by atoms with E-state index in [1.807, 2.05) is 24.3 Å². The molecule has 0 radical (unpaired) electrons. The Bertz CT molecular complexity index is 331. The minimum Gasteiger partial charge on any atom is -0.322 e. The number of benzene rings is 1. The monoisotopic (exact) mass is 239 g/mol. The van der Waals surface area contributed by atoms with Crippen LogP contribution in [0.25, 0.3) is 0 Å². The fourth-order valence-electron chi connectivity index (χ4n) is 1.94. The lowest BCUT2D eigenvalue weighted by Gasteiger charge is -2.26. The van der Waals surface area contributed by atoms with Crippen molar-refractivity contribution in [3.63, 3.8) is 0 Å². The molecule has 0 spiro atoms. The highest BCUT2D eigenvalue weighted by atomic mass is 35.5. The van der Waals surface area contributed by atoms with Gasteiger partial charge >= 0.3 is 0 Å². The van der Waals surface area contributed by atoms with Crippen molar-refractivity contribution in [1.82, 2.24) is 0 Å². The van der Waals surface area contributed by atoms with Gasteiger partial charge in [0.1, 0.15) is 0 Å². The molecule has 0 aromatic heterocycles. The zero-order valence-electron chi connectivity index (χ0n) is 10.5. The molecule has 2 heteroatoms. The van der Waals surface area contributed by atoms with Crippen LogP contribution < -0.4 is 5.73 Å². The van der Waals surface area contributed by atoms with Gasteiger partial charge in [-0.2, -0.15) is 0 Å². The third-order valence-electron chi connectivity index (χ3n) is 2.97. The highest BCUT2D eigenvalue weighted by Crippen LogP contribution is 2.30. The van der Waals surface area contributed by atoms with Gasteiger partial charge < -0.3 is 5.73 Å². The van der Waals surface area contributed by atoms with E-state index in [4.69, 9.17) is 17.3 Å². The zero-order valence-corrected chi connectivity index (χ0v) is 11.2. The number of nitrogens with two attached hydrogens (primary N) is 1. The SMILES string of the molecule is CC(C)CCCC(C)(N)c1ccccc1Cl. The molecule has 90 valence electrons. The number of rotatable bonds is 5. The summed E-state index contributed by atoms with van der Waals surface area (Å²) >= 11 is 6.17. The lowest BCUT2D eigenvalue weighted by Crippen LogP contribution is -2.33. The van der Waals surface area contributed by atoms with Crippen LogP contribution in [0, 0.1) is 5.92 Å². The summed E-state index contributed by atoms with van der Waals surface area (Å²) in [5, 5.41) is 0.775. The minimum atomic E-state index is -0.312. The summed E-state index contributed by atoms with van der Waals surface area (Å²) in [5.41, 5.74) is 7.08. The van der Waals surface area contributed by atoms with Crippen LogP contribution in [0.5, 0.6) is 0 Å². The Kier molecular flexibility index (Phi) is 4.82. The summed E-state index contributed by atoms with van der Waals surface area (Å²) in [6.45, 7) is 6.54. The predicted octanol–water partition coefficient (Wildman–Crippen LogP) is 4.34. The van der Waals surface area contributed by atoms with Gasteiger partial charge in [-0.05, 0) is 30.9 Å². The predicted molar refractivity (Wildman–Crippen MR) is 71.7 cm³/mol. The van der Waals surface area contributed by atoms with Crippen LogP contribution in [0.4, 0.5) is 0 Å². The second-order valence-corrected chi connectivity index (χ2v) is 5.59. The van der Waals surface area contributed by atoms with Crippen molar-refractivity contribution in [2.45, 2.75) is 45.6 Å². The van der Waals surface area contributed by atoms with Crippen molar-refractivity contribution in [1.29, 1.82) is 0 Å². The van der Waals surface area contributed by atoms with Gasteiger partial charge in [-0.15, -0.1) is 0 Å². The fraction of sp³-hybridized carbons (Fsp3) is 0.571. The molecule has 0 amide bonds. The van der Waals surface area contributed by atoms with Crippen LogP contribution >= 0.6 is 11.6 Å². The Hall–Kier alpha value is -0.530. The first-order valence-corrected chi connectivity index (χ1v) is 6.35. The van der Waals surface area contributed by atoms with Gasteiger partial charge in [0.05, 0.1) is 0 Å². The van der Waals surface area contributed by atoms with Crippen molar-refractivity contribution in [3.8, 4) is 0 Å². The van der Waals surface area contributed by atoms with Crippen LogP contribution in [0.2, 0.25) is 5.02 Å². The van der Waals surface area contributed by atoms with E-state index in [0.717, 1.165) is 29.3 Å². The Morgan fingerprint density at radius 1 is 1.31 bits per heavy atom. The van der Waals surface area contributed by atoms with Crippen LogP contribution in [-0.2, 0) is 5.54 Å². The van der Waals surface area contributed by atoms with Gasteiger partial charge in [0.25, 0.3) is 0 Å². The maximum atomic E-state index is 6.34. The standard InChI is InChI=1S/C14H22ClN/c1-11(2)7-6-10-14(3,16)12-8-4-5-9-13(12)15/h4-5,8-9,11H,6-7,10,16H2,1-3H3. The van der Waals surface area contributed by atoms with E-state index >= 15 is 0 Å². The summed E-state index contributed by atoms with van der Waals surface area (Å²) in [7, 11) is 0. The maximum absolute atomic E-state index is 6.34. The Morgan fingerprint density at radius 2 is 1.94 bits per heavy atom. The van der Waals surface area contributed by atoms with E-state index in [0.29, 0.717) is 0 Å². The molecule has 0 saturated carbocycles. The smallest absolute Gasteiger partial charge is 0.0456 e. The van der Waals surface area contributed by atoms with Gasteiger partial charge in [0.2, 0.25) is 0 Å². The quantitative estimate of drug-likeness (QED) is 0.813. The molecule has 1 nitrogen and oxygen atoms in total. The molecule has 0 fully saturated rings. The first-order valence-electron chi connectivity index (χ1n) is 5.97. The van der Waals surface area contributed by atoms with E-state index < -0.39 is 0 Å². The first kappa shape index (κ1) is 13.5. The van der Waals surface area contributed by atoms with Crippen LogP contribution in [0.1, 0.15) is 45.6 Å². The molecule has 1 atom stereocenters. The minimum absolute atomic E-state index is 0.312. The lowest BCUT2D eigenvalue weighted by atomic mass is 9.87. The summed E-state index contributed by atoms with van der Waals surface area (Å²) in [5.74, 6) is 0.738. The van der Waals surface area contributed by atoms with Gasteiger partial charge in [-0.1, -0.05) is 56.5 Å².